The number of nitrogens with zero attached hydrogens (tertiary/aromatic N) is 2. The van der Waals surface area contributed by atoms with Crippen LogP contribution in [-0.4, -0.2) is 187 Å². The molecule has 0 aliphatic carbocycles. The number of nitrogens with two attached hydrogens (primary N) is 7. The summed E-state index contributed by atoms with van der Waals surface area (Å²) >= 11 is 0. The van der Waals surface area contributed by atoms with Crippen LogP contribution in [0, 0.1) is 0 Å². The summed E-state index contributed by atoms with van der Waals surface area (Å²) in [5.74, 6) is -12.9. The number of hydrogen-bond acceptors (Lipinski definition) is 25. The molecule has 3 amide bonds. The van der Waals surface area contributed by atoms with Gasteiger partial charge in [0.05, 0.1) is 49.2 Å². The molecule has 0 radical (unpaired) electrons. The molecule has 1 aliphatic heterocycles. The third-order valence-corrected chi connectivity index (χ3v) is 15.0. The van der Waals surface area contributed by atoms with E-state index < -0.39 is 144 Å². The molecular weight excluding hydrogens is 1140 g/mol. The van der Waals surface area contributed by atoms with Crippen LogP contribution >= 0.6 is 0 Å². The second-order valence-corrected chi connectivity index (χ2v) is 21.8. The minimum absolute atomic E-state index is 0.0000134. The molecule has 5 rings (SSSR count). The molecule has 2 heterocycles. The molecule has 3 aromatic carbocycles. The molecule has 1 fully saturated rings. The van der Waals surface area contributed by atoms with Gasteiger partial charge < -0.3 is 76.2 Å². The highest BCUT2D eigenvalue weighted by molar-refractivity contribution is 6.42. The van der Waals surface area contributed by atoms with Gasteiger partial charge in [0.1, 0.15) is 42.5 Å². The SMILES string of the molecule is CC(C(=O)N(N[C@H](C(=O)N[C@@H](CCCNC(N)N)C(=O)C(=O)[C@H](CO)NC(=O)[C@@H]1CCCN1NC(Cc1c[nH]c2ccc(O)cc12)C(=O)C(=O)[C@@H](N)CC(=O)O)[C@@H](C)O)[C@@H](Cc1ccccc1)C(=O)C(=O)[C@@H](N)CCCNC(N)N)c1ccc(CN)cc1. The zero-order valence-electron chi connectivity index (χ0n) is 49.1. The Bertz CT molecular complexity index is 3060. The number of phenolic OH excluding ortho intramolecular Hbond substituents is 1. The Labute approximate surface area is 507 Å². The number of amides is 3. The lowest BCUT2D eigenvalue weighted by Gasteiger charge is -2.37. The van der Waals surface area contributed by atoms with Gasteiger partial charge in [0.2, 0.25) is 52.4 Å². The normalized spacial score (nSPS) is 16.6. The maximum atomic E-state index is 15.1. The Morgan fingerprint density at radius 3 is 1.93 bits per heavy atom. The number of carboxylic acid groups (broad SMARTS) is 1. The summed E-state index contributed by atoms with van der Waals surface area (Å²) in [5, 5.41) is 54.6. The molecule has 10 atom stereocenters. The van der Waals surface area contributed by atoms with Gasteiger partial charge >= 0.3 is 5.97 Å². The number of aliphatic hydroxyl groups excluding tert-OH is 2. The van der Waals surface area contributed by atoms with Gasteiger partial charge in [-0.1, -0.05) is 54.6 Å². The van der Waals surface area contributed by atoms with Crippen molar-refractivity contribution in [3.8, 4) is 5.75 Å². The Hall–Kier alpha value is -7.66. The minimum atomic E-state index is -1.95. The predicted octanol–water partition coefficient (Wildman–Crippen LogP) is -4.64. The van der Waals surface area contributed by atoms with Crippen molar-refractivity contribution in [2.75, 3.05) is 26.2 Å². The number of ketones is 6. The fourth-order valence-corrected chi connectivity index (χ4v) is 10.0. The predicted molar refractivity (Wildman–Crippen MR) is 320 cm³/mol. The van der Waals surface area contributed by atoms with Crippen molar-refractivity contribution in [3.05, 3.63) is 101 Å². The van der Waals surface area contributed by atoms with E-state index in [1.807, 2.05) is 0 Å². The van der Waals surface area contributed by atoms with E-state index >= 15 is 4.79 Å². The maximum Gasteiger partial charge on any atom is 0.305 e. The number of benzene rings is 3. The van der Waals surface area contributed by atoms with Crippen LogP contribution in [0.25, 0.3) is 10.9 Å². The number of aliphatic carboxylic acids is 1. The van der Waals surface area contributed by atoms with Gasteiger partial charge in [-0.05, 0) is 112 Å². The fourth-order valence-electron chi connectivity index (χ4n) is 10.0. The van der Waals surface area contributed by atoms with Gasteiger partial charge in [-0.2, -0.15) is 0 Å². The number of aromatic hydroxyl groups is 1. The molecule has 0 saturated carbocycles. The number of aromatic nitrogens is 1. The van der Waals surface area contributed by atoms with Crippen LogP contribution in [0.1, 0.15) is 87.0 Å². The topological polar surface area (TPSA) is 528 Å². The maximum absolute atomic E-state index is 15.1. The minimum Gasteiger partial charge on any atom is -0.508 e. The largest absolute Gasteiger partial charge is 0.508 e. The Morgan fingerprint density at radius 1 is 0.716 bits per heavy atom. The number of hydrogen-bond donors (Lipinski definition) is 18. The average Bonchev–Trinajstić information content (AvgIpc) is 3.33. The molecular formula is C58H84N16O14. The van der Waals surface area contributed by atoms with E-state index in [2.05, 4.69) is 37.1 Å². The van der Waals surface area contributed by atoms with E-state index in [-0.39, 0.29) is 76.9 Å². The number of hydrazine groups is 2. The lowest BCUT2D eigenvalue weighted by atomic mass is 9.93. The molecule has 1 saturated heterocycles. The smallest absolute Gasteiger partial charge is 0.305 e. The van der Waals surface area contributed by atoms with E-state index in [0.29, 0.717) is 34.0 Å². The second-order valence-electron chi connectivity index (χ2n) is 21.8. The first-order valence-corrected chi connectivity index (χ1v) is 28.9. The molecule has 25 N–H and O–H groups in total. The summed E-state index contributed by atoms with van der Waals surface area (Å²) in [6.07, 6.45) is -3.22. The van der Waals surface area contributed by atoms with E-state index in [1.54, 1.807) is 60.7 Å². The lowest BCUT2D eigenvalue weighted by Crippen LogP contribution is -2.65. The number of fused-ring (bicyclic) bond motifs is 1. The van der Waals surface area contributed by atoms with Crippen molar-refractivity contribution in [2.45, 2.75) is 151 Å². The number of phenols is 1. The fraction of sp³-hybridized carbons (Fsp3) is 0.483. The van der Waals surface area contributed by atoms with Crippen molar-refractivity contribution in [2.24, 2.45) is 40.1 Å². The molecule has 0 spiro atoms. The summed E-state index contributed by atoms with van der Waals surface area (Å²) in [4.78, 5) is 143. The zero-order chi connectivity index (χ0) is 64.9. The number of H-pyrrole nitrogens is 1. The van der Waals surface area contributed by atoms with Crippen LogP contribution in [0.2, 0.25) is 0 Å². The first-order valence-electron chi connectivity index (χ1n) is 28.9. The number of aliphatic hydroxyl groups is 2. The molecule has 0 bridgehead atoms. The van der Waals surface area contributed by atoms with Gasteiger partial charge in [-0.25, -0.2) is 15.9 Å². The third kappa shape index (κ3) is 20.2. The van der Waals surface area contributed by atoms with Crippen LogP contribution in [0.5, 0.6) is 5.75 Å². The zero-order valence-corrected chi connectivity index (χ0v) is 49.1. The van der Waals surface area contributed by atoms with E-state index in [4.69, 9.17) is 40.1 Å². The average molecular weight is 1230 g/mol. The van der Waals surface area contributed by atoms with Crippen molar-refractivity contribution in [1.29, 1.82) is 0 Å². The summed E-state index contributed by atoms with van der Waals surface area (Å²) in [5.41, 5.74) is 48.8. The Kier molecular flexibility index (Phi) is 27.6. The molecule has 2 unspecified atom stereocenters. The number of nitrogens with one attached hydrogen (secondary N) is 7. The lowest BCUT2D eigenvalue weighted by molar-refractivity contribution is -0.151. The Balaban J connectivity index is 1.45. The van der Waals surface area contributed by atoms with Crippen LogP contribution in [0.3, 0.4) is 0 Å². The highest BCUT2D eigenvalue weighted by Gasteiger charge is 2.43. The van der Waals surface area contributed by atoms with E-state index in [9.17, 15) is 63.6 Å². The van der Waals surface area contributed by atoms with Crippen LogP contribution in [0.15, 0.2) is 79.0 Å². The molecule has 1 aliphatic rings. The second kappa shape index (κ2) is 34.2. The quantitative estimate of drug-likeness (QED) is 0.00865. The number of aromatic amines is 1. The van der Waals surface area contributed by atoms with Crippen LogP contribution in [-0.2, 0) is 67.3 Å². The number of carbonyl (C=O) groups excluding carboxylic acids is 9. The highest BCUT2D eigenvalue weighted by atomic mass is 16.4. The summed E-state index contributed by atoms with van der Waals surface area (Å²) in [6, 6.07) is 6.18. The van der Waals surface area contributed by atoms with Gasteiger partial charge in [-0.15, -0.1) is 0 Å². The first kappa shape index (κ1) is 71.1. The van der Waals surface area contributed by atoms with E-state index in [1.165, 1.54) is 30.3 Å². The third-order valence-electron chi connectivity index (χ3n) is 15.0. The van der Waals surface area contributed by atoms with Gasteiger partial charge in [-0.3, -0.25) is 63.6 Å². The number of rotatable bonds is 39. The van der Waals surface area contributed by atoms with Gasteiger partial charge in [0.25, 0.3) is 0 Å². The molecule has 4 aromatic rings. The van der Waals surface area contributed by atoms with Crippen LogP contribution < -0.4 is 72.3 Å². The summed E-state index contributed by atoms with van der Waals surface area (Å²) in [7, 11) is 0. The van der Waals surface area contributed by atoms with Crippen molar-refractivity contribution < 1.29 is 68.4 Å². The van der Waals surface area contributed by atoms with Crippen molar-refractivity contribution in [1.82, 2.24) is 47.1 Å². The summed E-state index contributed by atoms with van der Waals surface area (Å²) in [6.45, 7) is 2.06. The molecule has 30 heteroatoms. The van der Waals surface area contributed by atoms with Crippen molar-refractivity contribution >= 4 is 69.3 Å². The monoisotopic (exact) mass is 1230 g/mol. The molecule has 88 heavy (non-hydrogen) atoms. The summed E-state index contributed by atoms with van der Waals surface area (Å²) < 4.78 is 0. The highest BCUT2D eigenvalue weighted by Crippen LogP contribution is 2.26. The van der Waals surface area contributed by atoms with Crippen LogP contribution in [0.4, 0.5) is 0 Å². The number of carboxylic acids is 1. The van der Waals surface area contributed by atoms with Crippen molar-refractivity contribution in [3.63, 3.8) is 0 Å². The van der Waals surface area contributed by atoms with Gasteiger partial charge in [0, 0.05) is 36.6 Å². The Morgan fingerprint density at radius 2 is 1.33 bits per heavy atom. The number of carbonyl (C=O) groups is 10. The first-order chi connectivity index (χ1) is 41.8. The molecule has 30 nitrogen and oxygen atoms in total. The molecule has 480 valence electrons. The standard InChI is InChI=1S/C58H84N16O14/c1-30(34-16-14-33(27-59)15-17-34)56(88)74(45(23-32-9-4-3-5-10-32)53(85)48(80)38(60)11-6-20-66-57(62)63)72-47(31(2)76)55(87)69-41(12-7-21-67-58(64)65)50(82)52(84)43(29-75)70-54(86)44-13-8-22-73(44)71-42(51(83)49(81)39(61)26-46(78)79)24-35-28-68-40-19-18-36(77)25-37(35)40/h3-5,9-10,14-19,25,28,30-31,38-39,41-45,47,57-58,66-68,71-72,75-77H,6-8,11-13,20-24,26-27,29,59-65H2,1-2H3,(H,69,87)(H,70,86)(H,78,79)/t30?,31-,38+,39+,41+,42?,43+,44+,45+,47+/m1/s1. The van der Waals surface area contributed by atoms with E-state index in [0.717, 1.165) is 17.5 Å². The number of Topliss-reactive ketones (excluding diaryl/α,β-unsaturated/α-hetero) is 6. The molecule has 1 aromatic heterocycles. The van der Waals surface area contributed by atoms with Gasteiger partial charge in [0.15, 0.2) is 0 Å².